The predicted molar refractivity (Wildman–Crippen MR) is 200 cm³/mol. The first kappa shape index (κ1) is 41.6. The van der Waals surface area contributed by atoms with Gasteiger partial charge in [-0.3, -0.25) is 19.0 Å². The maximum absolute atomic E-state index is 14.2. The summed E-state index contributed by atoms with van der Waals surface area (Å²) in [7, 11) is -9.62. The summed E-state index contributed by atoms with van der Waals surface area (Å²) in [5, 5.41) is 0.199. The SMILES string of the molecule is Cc1cn([C@@H]2O[C@H](CO[Si](C)(C)C(C)(C)C)[C@@]3(OS(=O)(=O)C=C3N)[C@H]2O[Si](C)(C)C(C)(C)C)c(=O)n(C(=O)CCCC(=O)Oc2ccccc2)c1=O. The molecule has 1 saturated heterocycles. The maximum atomic E-state index is 14.2. The summed E-state index contributed by atoms with van der Waals surface area (Å²) < 4.78 is 58.9. The lowest BCUT2D eigenvalue weighted by Gasteiger charge is -2.43. The number of nitrogens with two attached hydrogens (primary N) is 1. The minimum Gasteiger partial charge on any atom is -0.427 e. The van der Waals surface area contributed by atoms with Gasteiger partial charge >= 0.3 is 11.7 Å². The van der Waals surface area contributed by atoms with Crippen LogP contribution in [0.25, 0.3) is 0 Å². The second-order valence-electron chi connectivity index (χ2n) is 16.5. The summed E-state index contributed by atoms with van der Waals surface area (Å²) in [6.45, 7) is 21.4. The van der Waals surface area contributed by atoms with Gasteiger partial charge in [-0.15, -0.1) is 0 Å². The lowest BCUT2D eigenvalue weighted by atomic mass is 9.89. The number of ether oxygens (including phenoxy) is 2. The molecule has 4 atom stereocenters. The van der Waals surface area contributed by atoms with Gasteiger partial charge in [0.2, 0.25) is 5.91 Å². The minimum atomic E-state index is -4.33. The molecular weight excluding hydrogens is 727 g/mol. The first-order chi connectivity index (χ1) is 23.7. The fraction of sp³-hybridized carbons (Fsp3) is 0.600. The average molecular weight is 780 g/mol. The van der Waals surface area contributed by atoms with Crippen molar-refractivity contribution >= 4 is 38.6 Å². The Morgan fingerprint density at radius 2 is 1.56 bits per heavy atom. The van der Waals surface area contributed by atoms with Gasteiger partial charge in [0.15, 0.2) is 28.5 Å². The number of carbonyl (C=O) groups is 2. The Morgan fingerprint density at radius 1 is 0.962 bits per heavy atom. The molecule has 3 heterocycles. The molecule has 0 aliphatic carbocycles. The molecule has 0 bridgehead atoms. The number of rotatable bonds is 11. The molecule has 2 aromatic rings. The molecule has 2 aliphatic heterocycles. The van der Waals surface area contributed by atoms with Gasteiger partial charge in [-0.25, -0.2) is 8.98 Å². The molecule has 2 N–H and O–H groups in total. The fourth-order valence-corrected chi connectivity index (χ4v) is 8.99. The second kappa shape index (κ2) is 14.6. The maximum Gasteiger partial charge on any atom is 0.340 e. The molecule has 0 radical (unpaired) electrons. The molecule has 288 valence electrons. The van der Waals surface area contributed by atoms with E-state index in [1.165, 1.54) is 13.1 Å². The number of para-hydroxylation sites is 1. The standard InChI is InChI=1S/C35H53N3O11SSi2/c1-23-20-37(32(42)38(30(23)41)27(39)18-15-19-28(40)46-24-16-13-12-14-17-24)31-29(48-52(10,11)34(5,6)7)35(25(36)22-50(43,44)49-35)26(47-31)21-45-51(8,9)33(2,3)4/h12-14,16-17,20,22,26,29,31H,15,18-19,21,36H2,1-11H3/t26-,29+,31-,35-/m1/s1. The lowest BCUT2D eigenvalue weighted by molar-refractivity contribution is -0.134. The minimum absolute atomic E-state index is 0.00433. The van der Waals surface area contributed by atoms with Gasteiger partial charge in [0.05, 0.1) is 17.7 Å². The molecule has 52 heavy (non-hydrogen) atoms. The molecule has 4 rings (SSSR count). The van der Waals surface area contributed by atoms with E-state index in [9.17, 15) is 27.6 Å². The van der Waals surface area contributed by atoms with Gasteiger partial charge in [-0.1, -0.05) is 59.7 Å². The van der Waals surface area contributed by atoms with Crippen molar-refractivity contribution in [2.24, 2.45) is 5.73 Å². The predicted octanol–water partition coefficient (Wildman–Crippen LogP) is 4.94. The van der Waals surface area contributed by atoms with Crippen LogP contribution in [0, 0.1) is 6.92 Å². The number of hydrogen-bond donors (Lipinski definition) is 1. The first-order valence-electron chi connectivity index (χ1n) is 17.3. The van der Waals surface area contributed by atoms with Crippen LogP contribution in [0.4, 0.5) is 0 Å². The molecule has 0 amide bonds. The van der Waals surface area contributed by atoms with E-state index in [0.717, 1.165) is 9.98 Å². The van der Waals surface area contributed by atoms with E-state index in [2.05, 4.69) is 20.8 Å². The van der Waals surface area contributed by atoms with Gasteiger partial charge in [0, 0.05) is 24.6 Å². The quantitative estimate of drug-likeness (QED) is 0.140. The summed E-state index contributed by atoms with van der Waals surface area (Å²) >= 11 is 0. The van der Waals surface area contributed by atoms with Crippen molar-refractivity contribution in [1.82, 2.24) is 9.13 Å². The van der Waals surface area contributed by atoms with Gasteiger partial charge in [-0.05, 0) is 61.7 Å². The van der Waals surface area contributed by atoms with E-state index in [1.807, 2.05) is 47.0 Å². The highest BCUT2D eigenvalue weighted by Gasteiger charge is 2.67. The van der Waals surface area contributed by atoms with Crippen molar-refractivity contribution in [3.05, 3.63) is 74.0 Å². The largest absolute Gasteiger partial charge is 0.427 e. The topological polar surface area (TPSA) is 184 Å². The van der Waals surface area contributed by atoms with Gasteiger partial charge in [-0.2, -0.15) is 13.0 Å². The monoisotopic (exact) mass is 779 g/mol. The highest BCUT2D eigenvalue weighted by molar-refractivity contribution is 7.90. The van der Waals surface area contributed by atoms with Crippen LogP contribution in [0.3, 0.4) is 0 Å². The molecule has 1 aromatic heterocycles. The summed E-state index contributed by atoms with van der Waals surface area (Å²) in [5.41, 5.74) is 2.58. The van der Waals surface area contributed by atoms with Gasteiger partial charge < -0.3 is 24.1 Å². The fourth-order valence-electron chi connectivity index (χ4n) is 5.48. The number of nitrogens with zero attached hydrogens (tertiary/aromatic N) is 2. The normalized spacial score (nSPS) is 23.5. The number of aryl methyl sites for hydroxylation is 1. The Kier molecular flexibility index (Phi) is 11.6. The number of hydrogen-bond acceptors (Lipinski definition) is 12. The molecular formula is C35H53N3O11SSi2. The van der Waals surface area contributed by atoms with Crippen LogP contribution < -0.4 is 21.7 Å². The van der Waals surface area contributed by atoms with Crippen molar-refractivity contribution in [2.45, 2.75) is 128 Å². The summed E-state index contributed by atoms with van der Waals surface area (Å²) in [6.07, 6.45) is -3.12. The highest BCUT2D eigenvalue weighted by atomic mass is 32.2. The highest BCUT2D eigenvalue weighted by Crippen LogP contribution is 2.52. The Hall–Kier alpha value is -3.20. The van der Waals surface area contributed by atoms with E-state index in [4.69, 9.17) is 28.2 Å². The molecule has 17 heteroatoms. The van der Waals surface area contributed by atoms with E-state index < -0.39 is 79.0 Å². The van der Waals surface area contributed by atoms with Crippen molar-refractivity contribution < 1.29 is 40.5 Å². The van der Waals surface area contributed by atoms with Crippen molar-refractivity contribution in [3.8, 4) is 5.75 Å². The van der Waals surface area contributed by atoms with Crippen LogP contribution in [-0.4, -0.2) is 70.5 Å². The zero-order valence-corrected chi connectivity index (χ0v) is 34.8. The first-order valence-corrected chi connectivity index (χ1v) is 24.6. The summed E-state index contributed by atoms with van der Waals surface area (Å²) in [6, 6.07) is 8.44. The van der Waals surface area contributed by atoms with Crippen molar-refractivity contribution in [1.29, 1.82) is 0 Å². The summed E-state index contributed by atoms with van der Waals surface area (Å²) in [5.74, 6) is -1.07. The van der Waals surface area contributed by atoms with Gasteiger partial charge in [0.25, 0.3) is 15.7 Å². The molecule has 2 aliphatic rings. The Labute approximate surface area is 307 Å². The molecule has 14 nitrogen and oxygen atoms in total. The zero-order valence-electron chi connectivity index (χ0n) is 32.0. The molecule has 1 fully saturated rings. The van der Waals surface area contributed by atoms with E-state index in [0.29, 0.717) is 10.3 Å². The number of benzene rings is 1. The van der Waals surface area contributed by atoms with Gasteiger partial charge in [0.1, 0.15) is 18.0 Å². The number of carbonyl (C=O) groups excluding carboxylic acids is 2. The Morgan fingerprint density at radius 3 is 2.10 bits per heavy atom. The van der Waals surface area contributed by atoms with Crippen LogP contribution in [0.15, 0.2) is 57.2 Å². The third-order valence-corrected chi connectivity index (χ3v) is 20.6. The third-order valence-electron chi connectivity index (χ3n) is 10.6. The second-order valence-corrected chi connectivity index (χ2v) is 27.5. The van der Waals surface area contributed by atoms with E-state index in [1.54, 1.807) is 30.3 Å². The number of esters is 1. The van der Waals surface area contributed by atoms with E-state index >= 15 is 0 Å². The van der Waals surface area contributed by atoms with Crippen LogP contribution in [0.1, 0.15) is 77.4 Å². The molecule has 0 saturated carbocycles. The zero-order chi connectivity index (χ0) is 39.2. The van der Waals surface area contributed by atoms with Crippen molar-refractivity contribution in [2.75, 3.05) is 6.61 Å². The van der Waals surface area contributed by atoms with Crippen LogP contribution in [0.5, 0.6) is 5.75 Å². The van der Waals surface area contributed by atoms with Crippen LogP contribution in [-0.2, 0) is 32.7 Å². The smallest absolute Gasteiger partial charge is 0.340 e. The Bertz CT molecular complexity index is 1940. The third kappa shape index (κ3) is 8.29. The van der Waals surface area contributed by atoms with E-state index in [-0.39, 0.29) is 42.2 Å². The van der Waals surface area contributed by atoms with Crippen LogP contribution in [0.2, 0.25) is 36.3 Å². The molecule has 0 unspecified atom stereocenters. The molecule has 1 spiro atoms. The van der Waals surface area contributed by atoms with Crippen LogP contribution >= 0.6 is 0 Å². The summed E-state index contributed by atoms with van der Waals surface area (Å²) in [4.78, 5) is 53.5. The van der Waals surface area contributed by atoms with Crippen molar-refractivity contribution in [3.63, 3.8) is 0 Å². The lowest BCUT2D eigenvalue weighted by Crippen LogP contribution is -2.59. The Balaban J connectivity index is 1.78. The number of aromatic nitrogens is 2. The average Bonchev–Trinajstić information content (AvgIpc) is 3.43. The molecule has 1 aromatic carbocycles.